The van der Waals surface area contributed by atoms with Crippen molar-refractivity contribution >= 4 is 28.8 Å². The van der Waals surface area contributed by atoms with Gasteiger partial charge in [-0.2, -0.15) is 0 Å². The van der Waals surface area contributed by atoms with Crippen molar-refractivity contribution in [3.8, 4) is 11.6 Å². The Morgan fingerprint density at radius 3 is 2.81 bits per heavy atom. The van der Waals surface area contributed by atoms with E-state index < -0.39 is 11.8 Å². The summed E-state index contributed by atoms with van der Waals surface area (Å²) in [6.07, 6.45) is 4.76. The fraction of sp³-hybridized carbons (Fsp3) is 0.0833. The van der Waals surface area contributed by atoms with Gasteiger partial charge in [0.1, 0.15) is 11.6 Å². The van der Waals surface area contributed by atoms with Crippen LogP contribution in [0.4, 0.5) is 4.39 Å². The topological polar surface area (TPSA) is 85.6 Å². The number of halogens is 1. The van der Waals surface area contributed by atoms with Gasteiger partial charge in [0.15, 0.2) is 0 Å². The number of benzene rings is 2. The molecule has 0 aliphatic rings. The second kappa shape index (κ2) is 9.32. The molecule has 0 radical (unpaired) electrons. The molecule has 0 aliphatic heterocycles. The van der Waals surface area contributed by atoms with E-state index in [1.165, 1.54) is 24.4 Å². The number of aromatic nitrogens is 2. The van der Waals surface area contributed by atoms with E-state index in [-0.39, 0.29) is 5.56 Å². The van der Waals surface area contributed by atoms with Crippen LogP contribution < -0.4 is 10.2 Å². The maximum Gasteiger partial charge on any atom is 0.337 e. The van der Waals surface area contributed by atoms with Gasteiger partial charge in [0.2, 0.25) is 5.88 Å². The van der Waals surface area contributed by atoms with Crippen molar-refractivity contribution < 1.29 is 23.9 Å². The molecule has 32 heavy (non-hydrogen) atoms. The SMILES string of the molecule is CCONC(=Cn1cc(C(=O)O)c2cc(F)ccc21)c1cccc(Oc2ccccn2)c1. The lowest BCUT2D eigenvalue weighted by molar-refractivity contribution is 0.0699. The molecule has 0 unspecified atom stereocenters. The minimum absolute atomic E-state index is 0.00116. The Morgan fingerprint density at radius 2 is 2.06 bits per heavy atom. The van der Waals surface area contributed by atoms with E-state index in [0.717, 1.165) is 5.56 Å². The van der Waals surface area contributed by atoms with Crippen LogP contribution in [0.5, 0.6) is 11.6 Å². The van der Waals surface area contributed by atoms with Gasteiger partial charge in [-0.1, -0.05) is 18.2 Å². The molecule has 162 valence electrons. The summed E-state index contributed by atoms with van der Waals surface area (Å²) in [6.45, 7) is 2.24. The van der Waals surface area contributed by atoms with E-state index in [9.17, 15) is 14.3 Å². The highest BCUT2D eigenvalue weighted by atomic mass is 19.1. The van der Waals surface area contributed by atoms with E-state index in [2.05, 4.69) is 10.5 Å². The third-order valence-electron chi connectivity index (χ3n) is 4.63. The molecule has 0 saturated heterocycles. The van der Waals surface area contributed by atoms with Crippen molar-refractivity contribution in [2.45, 2.75) is 6.92 Å². The molecule has 2 heterocycles. The minimum Gasteiger partial charge on any atom is -0.478 e. The Balaban J connectivity index is 1.77. The lowest BCUT2D eigenvalue weighted by atomic mass is 10.1. The molecule has 0 bridgehead atoms. The Kier molecular flexibility index (Phi) is 6.14. The van der Waals surface area contributed by atoms with Crippen molar-refractivity contribution in [2.75, 3.05) is 6.61 Å². The van der Waals surface area contributed by atoms with Crippen LogP contribution >= 0.6 is 0 Å². The van der Waals surface area contributed by atoms with E-state index >= 15 is 0 Å². The first-order valence-corrected chi connectivity index (χ1v) is 9.87. The number of hydrogen-bond donors (Lipinski definition) is 2. The fourth-order valence-corrected chi connectivity index (χ4v) is 3.21. The normalized spacial score (nSPS) is 11.5. The molecule has 0 atom stereocenters. The van der Waals surface area contributed by atoms with Crippen LogP contribution in [-0.2, 0) is 4.84 Å². The summed E-state index contributed by atoms with van der Waals surface area (Å²) in [4.78, 5) is 21.2. The number of pyridine rings is 1. The van der Waals surface area contributed by atoms with Crippen molar-refractivity contribution in [3.63, 3.8) is 0 Å². The summed E-state index contributed by atoms with van der Waals surface area (Å²) >= 11 is 0. The Labute approximate surface area is 183 Å². The van der Waals surface area contributed by atoms with E-state index in [4.69, 9.17) is 9.57 Å². The molecule has 0 spiro atoms. The highest BCUT2D eigenvalue weighted by Gasteiger charge is 2.15. The third-order valence-corrected chi connectivity index (χ3v) is 4.63. The van der Waals surface area contributed by atoms with Crippen LogP contribution in [0.1, 0.15) is 22.8 Å². The largest absolute Gasteiger partial charge is 0.478 e. The number of ether oxygens (including phenoxy) is 1. The number of fused-ring (bicyclic) bond motifs is 1. The molecule has 4 aromatic rings. The molecule has 2 N–H and O–H groups in total. The second-order valence-corrected chi connectivity index (χ2v) is 6.79. The molecule has 2 aromatic heterocycles. The molecule has 0 fully saturated rings. The maximum absolute atomic E-state index is 13.7. The molecule has 2 aromatic carbocycles. The summed E-state index contributed by atoms with van der Waals surface area (Å²) < 4.78 is 21.2. The zero-order valence-corrected chi connectivity index (χ0v) is 17.2. The standard InChI is InChI=1S/C24H20FN3O4/c1-2-31-27-21(16-6-5-7-18(12-16)32-23-8-3-4-11-26-23)15-28-14-20(24(29)30)19-13-17(25)9-10-22(19)28/h3-15,27H,2H2,1H3,(H,29,30). The van der Waals surface area contributed by atoms with Crippen LogP contribution in [0, 0.1) is 5.82 Å². The summed E-state index contributed by atoms with van der Waals surface area (Å²) in [5.74, 6) is -0.625. The van der Waals surface area contributed by atoms with Gasteiger partial charge in [0, 0.05) is 35.6 Å². The van der Waals surface area contributed by atoms with E-state index in [1.54, 1.807) is 41.2 Å². The van der Waals surface area contributed by atoms with Gasteiger partial charge in [-0.05, 0) is 43.3 Å². The summed E-state index contributed by atoms with van der Waals surface area (Å²) in [5, 5.41) is 9.84. The molecule has 8 heteroatoms. The molecule has 0 aliphatic carbocycles. The quantitative estimate of drug-likeness (QED) is 0.373. The Bertz CT molecular complexity index is 1290. The zero-order chi connectivity index (χ0) is 22.5. The summed E-state index contributed by atoms with van der Waals surface area (Å²) in [7, 11) is 0. The fourth-order valence-electron chi connectivity index (χ4n) is 3.21. The van der Waals surface area contributed by atoms with Gasteiger partial charge >= 0.3 is 5.97 Å². The smallest absolute Gasteiger partial charge is 0.337 e. The number of aromatic carboxylic acids is 1. The van der Waals surface area contributed by atoms with Crippen LogP contribution in [0.15, 0.2) is 73.1 Å². The zero-order valence-electron chi connectivity index (χ0n) is 17.2. The van der Waals surface area contributed by atoms with Gasteiger partial charge in [-0.3, -0.25) is 10.3 Å². The highest BCUT2D eigenvalue weighted by molar-refractivity contribution is 6.04. The first-order valence-electron chi connectivity index (χ1n) is 9.87. The molecule has 7 nitrogen and oxygen atoms in total. The number of hydrogen-bond acceptors (Lipinski definition) is 5. The first kappa shape index (κ1) is 21.1. The van der Waals surface area contributed by atoms with E-state index in [1.807, 2.05) is 25.1 Å². The van der Waals surface area contributed by atoms with E-state index in [0.29, 0.717) is 34.8 Å². The number of carboxylic acid groups (broad SMARTS) is 1. The first-order chi connectivity index (χ1) is 15.5. The Morgan fingerprint density at radius 1 is 1.19 bits per heavy atom. The average molecular weight is 433 g/mol. The number of nitrogens with zero attached hydrogens (tertiary/aromatic N) is 2. The highest BCUT2D eigenvalue weighted by Crippen LogP contribution is 2.27. The van der Waals surface area contributed by atoms with Gasteiger partial charge in [-0.15, -0.1) is 0 Å². The summed E-state index contributed by atoms with van der Waals surface area (Å²) in [6, 6.07) is 16.7. The molecular weight excluding hydrogens is 413 g/mol. The number of carbonyl (C=O) groups is 1. The number of nitrogens with one attached hydrogen (secondary N) is 1. The van der Waals surface area contributed by atoms with Crippen molar-refractivity contribution in [1.82, 2.24) is 15.0 Å². The van der Waals surface area contributed by atoms with Crippen LogP contribution in [0.3, 0.4) is 0 Å². The van der Waals surface area contributed by atoms with Crippen LogP contribution in [0.2, 0.25) is 0 Å². The molecule has 4 rings (SSSR count). The van der Waals surface area contributed by atoms with Crippen LogP contribution in [-0.4, -0.2) is 27.2 Å². The van der Waals surface area contributed by atoms with Gasteiger partial charge in [0.25, 0.3) is 0 Å². The van der Waals surface area contributed by atoms with Crippen molar-refractivity contribution in [3.05, 3.63) is 90.0 Å². The minimum atomic E-state index is -1.14. The maximum atomic E-state index is 13.7. The second-order valence-electron chi connectivity index (χ2n) is 6.79. The lowest BCUT2D eigenvalue weighted by Gasteiger charge is -2.13. The van der Waals surface area contributed by atoms with Crippen molar-refractivity contribution in [1.29, 1.82) is 0 Å². The number of carboxylic acids is 1. The predicted molar refractivity (Wildman–Crippen MR) is 119 cm³/mol. The van der Waals surface area contributed by atoms with Gasteiger partial charge < -0.3 is 14.4 Å². The number of hydroxylamine groups is 1. The average Bonchev–Trinajstić information content (AvgIpc) is 3.15. The van der Waals surface area contributed by atoms with Crippen LogP contribution in [0.25, 0.3) is 22.8 Å². The Hall–Kier alpha value is -4.17. The third kappa shape index (κ3) is 4.60. The summed E-state index contributed by atoms with van der Waals surface area (Å²) in [5.41, 5.74) is 4.71. The molecule has 0 amide bonds. The lowest BCUT2D eigenvalue weighted by Crippen LogP contribution is -2.13. The molecular formula is C24H20FN3O4. The number of rotatable bonds is 8. The van der Waals surface area contributed by atoms with Gasteiger partial charge in [-0.25, -0.2) is 14.2 Å². The molecule has 0 saturated carbocycles. The van der Waals surface area contributed by atoms with Crippen molar-refractivity contribution in [2.24, 2.45) is 0 Å². The monoisotopic (exact) mass is 433 g/mol. The van der Waals surface area contributed by atoms with Gasteiger partial charge in [0.05, 0.1) is 23.4 Å². The predicted octanol–water partition coefficient (Wildman–Crippen LogP) is 5.16.